The van der Waals surface area contributed by atoms with Crippen LogP contribution in [-0.2, 0) is 4.74 Å². The van der Waals surface area contributed by atoms with E-state index in [0.717, 1.165) is 0 Å². The van der Waals surface area contributed by atoms with E-state index in [0.29, 0.717) is 33.8 Å². The Bertz CT molecular complexity index is 1390. The molecule has 0 unspecified atom stereocenters. The molecule has 1 aliphatic heterocycles. The topological polar surface area (TPSA) is 132 Å². The van der Waals surface area contributed by atoms with Crippen LogP contribution in [0.5, 0.6) is 0 Å². The Hall–Kier alpha value is -4.73. The molecule has 0 bridgehead atoms. The third-order valence-electron chi connectivity index (χ3n) is 5.61. The summed E-state index contributed by atoms with van der Waals surface area (Å²) in [6.45, 7) is 1.95. The van der Waals surface area contributed by atoms with E-state index in [9.17, 15) is 19.7 Å². The number of nitro benzene ring substituents is 1. The van der Waals surface area contributed by atoms with Gasteiger partial charge in [-0.15, -0.1) is 0 Å². The van der Waals surface area contributed by atoms with Gasteiger partial charge in [0, 0.05) is 17.3 Å². The molecule has 1 aliphatic rings. The fourth-order valence-corrected chi connectivity index (χ4v) is 4.17. The van der Waals surface area contributed by atoms with Gasteiger partial charge in [0.15, 0.2) is 11.5 Å². The summed E-state index contributed by atoms with van der Waals surface area (Å²) in [5, 5.41) is 18.9. The van der Waals surface area contributed by atoms with E-state index in [1.165, 1.54) is 17.2 Å². The van der Waals surface area contributed by atoms with Crippen LogP contribution in [0, 0.1) is 10.1 Å². The average molecular weight is 458 g/mol. The lowest BCUT2D eigenvalue weighted by Crippen LogP contribution is -2.29. The van der Waals surface area contributed by atoms with E-state index in [1.807, 2.05) is 0 Å². The molecule has 10 heteroatoms. The maximum absolute atomic E-state index is 13.5. The van der Waals surface area contributed by atoms with E-state index in [2.05, 4.69) is 10.2 Å². The van der Waals surface area contributed by atoms with Crippen molar-refractivity contribution in [2.24, 2.45) is 0 Å². The quantitative estimate of drug-likeness (QED) is 0.255. The molecule has 2 aromatic heterocycles. The Labute approximate surface area is 192 Å². The predicted octanol–water partition coefficient (Wildman–Crippen LogP) is 4.50. The number of nitrogens with zero attached hydrogens (tertiary/aromatic N) is 3. The zero-order chi connectivity index (χ0) is 23.8. The molecule has 0 fully saturated rings. The van der Waals surface area contributed by atoms with E-state index in [4.69, 9.17) is 9.15 Å². The van der Waals surface area contributed by atoms with Crippen LogP contribution in [0.3, 0.4) is 0 Å². The van der Waals surface area contributed by atoms with Gasteiger partial charge >= 0.3 is 5.97 Å². The molecule has 3 heterocycles. The first kappa shape index (κ1) is 21.1. The van der Waals surface area contributed by atoms with E-state index in [1.54, 1.807) is 61.5 Å². The van der Waals surface area contributed by atoms with Gasteiger partial charge in [0.25, 0.3) is 11.6 Å². The molecule has 0 radical (unpaired) electrons. The fraction of sp³-hybridized carbons (Fsp3) is 0.125. The SMILES string of the molecule is CCOC(=O)c1ccc(N2C(=O)c3n[nH]c(-c4ccco4)c3[C@@H]2c2ccccc2[N+](=O)[O-])cc1. The lowest BCUT2D eigenvalue weighted by atomic mass is 9.96. The van der Waals surface area contributed by atoms with Crippen molar-refractivity contribution in [1.82, 2.24) is 10.2 Å². The molecule has 2 aromatic carbocycles. The largest absolute Gasteiger partial charge is 0.463 e. The molecule has 170 valence electrons. The van der Waals surface area contributed by atoms with Crippen molar-refractivity contribution in [2.45, 2.75) is 13.0 Å². The normalized spacial score (nSPS) is 14.8. The first-order valence-electron chi connectivity index (χ1n) is 10.5. The van der Waals surface area contributed by atoms with Gasteiger partial charge in [-0.1, -0.05) is 12.1 Å². The molecule has 1 N–H and O–H groups in total. The van der Waals surface area contributed by atoms with Gasteiger partial charge < -0.3 is 9.15 Å². The highest BCUT2D eigenvalue weighted by Gasteiger charge is 2.46. The van der Waals surface area contributed by atoms with Crippen molar-refractivity contribution in [2.75, 3.05) is 11.5 Å². The number of carbonyl (C=O) groups excluding carboxylic acids is 2. The number of anilines is 1. The number of aromatic nitrogens is 2. The lowest BCUT2D eigenvalue weighted by molar-refractivity contribution is -0.385. The molecule has 5 rings (SSSR count). The number of carbonyl (C=O) groups is 2. The molecule has 0 spiro atoms. The maximum Gasteiger partial charge on any atom is 0.338 e. The number of hydrogen-bond donors (Lipinski definition) is 1. The maximum atomic E-state index is 13.5. The van der Waals surface area contributed by atoms with E-state index < -0.39 is 22.8 Å². The number of amides is 1. The number of fused-ring (bicyclic) bond motifs is 1. The number of rotatable bonds is 6. The lowest BCUT2D eigenvalue weighted by Gasteiger charge is -2.26. The van der Waals surface area contributed by atoms with Crippen molar-refractivity contribution < 1.29 is 23.7 Å². The summed E-state index contributed by atoms with van der Waals surface area (Å²) >= 11 is 0. The highest BCUT2D eigenvalue weighted by Crippen LogP contribution is 2.47. The first-order valence-corrected chi connectivity index (χ1v) is 10.5. The Morgan fingerprint density at radius 1 is 1.18 bits per heavy atom. The molecule has 34 heavy (non-hydrogen) atoms. The number of furan rings is 1. The zero-order valence-corrected chi connectivity index (χ0v) is 17.9. The molecule has 1 amide bonds. The van der Waals surface area contributed by atoms with Crippen LogP contribution in [-0.4, -0.2) is 33.6 Å². The van der Waals surface area contributed by atoms with Crippen molar-refractivity contribution in [1.29, 1.82) is 0 Å². The predicted molar refractivity (Wildman–Crippen MR) is 120 cm³/mol. The van der Waals surface area contributed by atoms with E-state index in [-0.39, 0.29) is 18.0 Å². The van der Waals surface area contributed by atoms with Gasteiger partial charge in [-0.25, -0.2) is 4.79 Å². The second-order valence-electron chi connectivity index (χ2n) is 7.50. The Morgan fingerprint density at radius 3 is 2.62 bits per heavy atom. The number of esters is 1. The summed E-state index contributed by atoms with van der Waals surface area (Å²) in [6, 6.07) is 15.1. The number of aromatic amines is 1. The monoisotopic (exact) mass is 458 g/mol. The summed E-state index contributed by atoms with van der Waals surface area (Å²) in [5.41, 5.74) is 2.05. The van der Waals surface area contributed by atoms with Crippen LogP contribution in [0.4, 0.5) is 11.4 Å². The number of para-hydroxylation sites is 1. The van der Waals surface area contributed by atoms with Gasteiger partial charge in [0.1, 0.15) is 5.69 Å². The molecular formula is C24H18N4O6. The van der Waals surface area contributed by atoms with Crippen molar-refractivity contribution in [3.63, 3.8) is 0 Å². The van der Waals surface area contributed by atoms with Gasteiger partial charge in [0.05, 0.1) is 35.0 Å². The average Bonchev–Trinajstić information content (AvgIpc) is 3.57. The molecule has 4 aromatic rings. The first-order chi connectivity index (χ1) is 16.5. The second kappa shape index (κ2) is 8.32. The van der Waals surface area contributed by atoms with E-state index >= 15 is 0 Å². The number of nitrogens with one attached hydrogen (secondary N) is 1. The molecular weight excluding hydrogens is 440 g/mol. The molecule has 1 atom stereocenters. The van der Waals surface area contributed by atoms with Crippen molar-refractivity contribution in [3.8, 4) is 11.5 Å². The molecule has 0 saturated heterocycles. The summed E-state index contributed by atoms with van der Waals surface area (Å²) in [6.07, 6.45) is 1.49. The van der Waals surface area contributed by atoms with Gasteiger partial charge in [-0.2, -0.15) is 5.10 Å². The number of ether oxygens (including phenoxy) is 1. The Morgan fingerprint density at radius 2 is 1.94 bits per heavy atom. The van der Waals surface area contributed by atoms with Crippen LogP contribution < -0.4 is 4.90 Å². The van der Waals surface area contributed by atoms with Crippen LogP contribution in [0.25, 0.3) is 11.5 Å². The van der Waals surface area contributed by atoms with Gasteiger partial charge in [-0.3, -0.25) is 24.9 Å². The van der Waals surface area contributed by atoms with Gasteiger partial charge in [0.2, 0.25) is 0 Å². The van der Waals surface area contributed by atoms with Crippen LogP contribution >= 0.6 is 0 Å². The highest BCUT2D eigenvalue weighted by atomic mass is 16.6. The van der Waals surface area contributed by atoms with Gasteiger partial charge in [-0.05, 0) is 49.4 Å². The minimum Gasteiger partial charge on any atom is -0.463 e. The van der Waals surface area contributed by atoms with Crippen molar-refractivity contribution >= 4 is 23.3 Å². The second-order valence-corrected chi connectivity index (χ2v) is 7.50. The number of H-pyrrole nitrogens is 1. The Kier molecular flexibility index (Phi) is 5.17. The summed E-state index contributed by atoms with van der Waals surface area (Å²) in [7, 11) is 0. The number of benzene rings is 2. The number of hydrogen-bond acceptors (Lipinski definition) is 7. The Balaban J connectivity index is 1.68. The summed E-state index contributed by atoms with van der Waals surface area (Å²) in [5.74, 6) is -0.467. The third kappa shape index (κ3) is 3.32. The standard InChI is InChI=1S/C24H18N4O6/c1-2-33-24(30)14-9-11-15(12-10-14)27-22(16-6-3-4-7-17(16)28(31)32)19-20(18-8-5-13-34-18)25-26-21(19)23(27)29/h3-13,22H,2H2,1H3,(H,25,26)/t22-/m0/s1. The minimum absolute atomic E-state index is 0.132. The molecule has 0 saturated carbocycles. The van der Waals surface area contributed by atoms with Crippen LogP contribution in [0.1, 0.15) is 44.9 Å². The number of nitro groups is 1. The van der Waals surface area contributed by atoms with Crippen LogP contribution in [0.15, 0.2) is 71.3 Å². The summed E-state index contributed by atoms with van der Waals surface area (Å²) in [4.78, 5) is 38.4. The highest BCUT2D eigenvalue weighted by molar-refractivity contribution is 6.12. The minimum atomic E-state index is -0.851. The zero-order valence-electron chi connectivity index (χ0n) is 17.9. The van der Waals surface area contributed by atoms with Crippen LogP contribution in [0.2, 0.25) is 0 Å². The smallest absolute Gasteiger partial charge is 0.338 e. The molecule has 10 nitrogen and oxygen atoms in total. The summed E-state index contributed by atoms with van der Waals surface area (Å²) < 4.78 is 10.5. The third-order valence-corrected chi connectivity index (χ3v) is 5.61. The molecule has 0 aliphatic carbocycles. The fourth-order valence-electron chi connectivity index (χ4n) is 4.17. The van der Waals surface area contributed by atoms with Crippen molar-refractivity contribution in [3.05, 3.63) is 99.4 Å².